The van der Waals surface area contributed by atoms with E-state index in [1.54, 1.807) is 11.3 Å². The Morgan fingerprint density at radius 1 is 1.28 bits per heavy atom. The predicted molar refractivity (Wildman–Crippen MR) is 75.1 cm³/mol. The Hall–Kier alpha value is -1.19. The summed E-state index contributed by atoms with van der Waals surface area (Å²) >= 11 is 1.70. The monoisotopic (exact) mass is 259 g/mol. The van der Waals surface area contributed by atoms with Gasteiger partial charge in [-0.2, -0.15) is 0 Å². The zero-order chi connectivity index (χ0) is 12.5. The van der Waals surface area contributed by atoms with Gasteiger partial charge < -0.3 is 5.11 Å². The first kappa shape index (κ1) is 11.9. The second kappa shape index (κ2) is 4.82. The van der Waals surface area contributed by atoms with Crippen molar-refractivity contribution in [2.75, 3.05) is 6.61 Å². The van der Waals surface area contributed by atoms with E-state index < -0.39 is 0 Å². The van der Waals surface area contributed by atoms with Crippen molar-refractivity contribution in [3.05, 3.63) is 39.2 Å². The van der Waals surface area contributed by atoms with E-state index in [4.69, 9.17) is 5.11 Å². The summed E-state index contributed by atoms with van der Waals surface area (Å²) in [5.41, 5.74) is 5.32. The Balaban J connectivity index is 1.99. The number of aryl methyl sites for hydroxylation is 3. The fraction of sp³-hybridized carbons (Fsp3) is 0.400. The fourth-order valence-corrected chi connectivity index (χ4v) is 3.58. The highest BCUT2D eigenvalue weighted by molar-refractivity contribution is 7.12. The molecule has 0 saturated carbocycles. The summed E-state index contributed by atoms with van der Waals surface area (Å²) in [6.07, 6.45) is 4.37. The molecule has 0 spiro atoms. The van der Waals surface area contributed by atoms with Gasteiger partial charge in [0.05, 0.1) is 10.7 Å². The van der Waals surface area contributed by atoms with Crippen LogP contribution in [0.1, 0.15) is 27.4 Å². The largest absolute Gasteiger partial charge is 0.396 e. The van der Waals surface area contributed by atoms with Crippen LogP contribution < -0.4 is 0 Å². The lowest BCUT2D eigenvalue weighted by molar-refractivity contribution is 0.299. The molecule has 0 amide bonds. The average Bonchev–Trinajstić information content (AvgIpc) is 2.95. The summed E-state index contributed by atoms with van der Waals surface area (Å²) in [6.45, 7) is 2.29. The van der Waals surface area contributed by atoms with E-state index in [1.165, 1.54) is 40.8 Å². The molecular weight excluding hydrogens is 242 g/mol. The van der Waals surface area contributed by atoms with E-state index in [1.807, 2.05) is 0 Å². The molecule has 3 heteroatoms. The van der Waals surface area contributed by atoms with Gasteiger partial charge in [0.25, 0.3) is 0 Å². The number of nitrogens with zero attached hydrogens (tertiary/aromatic N) is 1. The van der Waals surface area contributed by atoms with Gasteiger partial charge in [0.2, 0.25) is 0 Å². The minimum Gasteiger partial charge on any atom is -0.396 e. The van der Waals surface area contributed by atoms with Gasteiger partial charge >= 0.3 is 0 Å². The molecule has 0 atom stereocenters. The van der Waals surface area contributed by atoms with Gasteiger partial charge in [-0.15, -0.1) is 11.3 Å². The van der Waals surface area contributed by atoms with Crippen molar-refractivity contribution < 1.29 is 5.11 Å². The number of hydrogen-bond acceptors (Lipinski definition) is 3. The molecule has 2 nitrogen and oxygen atoms in total. The minimum atomic E-state index is 0.177. The third-order valence-corrected chi connectivity index (χ3v) is 4.57. The van der Waals surface area contributed by atoms with E-state index in [-0.39, 0.29) is 6.61 Å². The Labute approximate surface area is 111 Å². The lowest BCUT2D eigenvalue weighted by Crippen LogP contribution is -1.90. The molecule has 0 radical (unpaired) electrons. The van der Waals surface area contributed by atoms with Crippen LogP contribution in [0.4, 0.5) is 0 Å². The fourth-order valence-electron chi connectivity index (χ4n) is 2.64. The van der Waals surface area contributed by atoms with Crippen LogP contribution in [-0.4, -0.2) is 16.7 Å². The highest BCUT2D eigenvalue weighted by Crippen LogP contribution is 2.31. The van der Waals surface area contributed by atoms with Crippen molar-refractivity contribution in [2.24, 2.45) is 0 Å². The number of aliphatic hydroxyl groups excluding tert-OH is 1. The molecule has 2 aromatic rings. The van der Waals surface area contributed by atoms with Crippen LogP contribution in [0.5, 0.6) is 0 Å². The summed E-state index contributed by atoms with van der Waals surface area (Å²) in [6, 6.07) is 6.74. The molecule has 0 aliphatic heterocycles. The molecule has 1 aliphatic carbocycles. The van der Waals surface area contributed by atoms with Gasteiger partial charge in [-0.25, -0.2) is 4.98 Å². The van der Waals surface area contributed by atoms with Gasteiger partial charge in [0, 0.05) is 23.5 Å². The smallest absolute Gasteiger partial charge is 0.0958 e. The van der Waals surface area contributed by atoms with Crippen molar-refractivity contribution in [1.82, 2.24) is 4.98 Å². The third-order valence-electron chi connectivity index (χ3n) is 3.54. The van der Waals surface area contributed by atoms with Crippen LogP contribution in [0.3, 0.4) is 0 Å². The first-order valence-corrected chi connectivity index (χ1v) is 7.29. The average molecular weight is 259 g/mol. The highest BCUT2D eigenvalue weighted by Gasteiger charge is 2.14. The standard InChI is InChI=1S/C15H17NOS/c1-10-15(16-14(18-10)7-8-17)13-6-5-11-3-2-4-12(11)9-13/h5-6,9,17H,2-4,7-8H2,1H3. The molecule has 1 heterocycles. The number of fused-ring (bicyclic) bond motifs is 1. The molecule has 0 fully saturated rings. The van der Waals surface area contributed by atoms with Crippen molar-refractivity contribution in [2.45, 2.75) is 32.6 Å². The molecule has 3 rings (SSSR count). The topological polar surface area (TPSA) is 33.1 Å². The van der Waals surface area contributed by atoms with Crippen molar-refractivity contribution in [3.63, 3.8) is 0 Å². The van der Waals surface area contributed by atoms with E-state index in [0.29, 0.717) is 6.42 Å². The van der Waals surface area contributed by atoms with Gasteiger partial charge in [0.1, 0.15) is 0 Å². The van der Waals surface area contributed by atoms with E-state index >= 15 is 0 Å². The Bertz CT molecular complexity index is 574. The van der Waals surface area contributed by atoms with Gasteiger partial charge in [-0.1, -0.05) is 12.1 Å². The number of aromatic nitrogens is 1. The Morgan fingerprint density at radius 3 is 2.94 bits per heavy atom. The summed E-state index contributed by atoms with van der Waals surface area (Å²) in [7, 11) is 0. The Kier molecular flexibility index (Phi) is 3.18. The number of benzene rings is 1. The van der Waals surface area contributed by atoms with Crippen LogP contribution in [-0.2, 0) is 19.3 Å². The van der Waals surface area contributed by atoms with Crippen LogP contribution in [0.25, 0.3) is 11.3 Å². The second-order valence-corrected chi connectivity index (χ2v) is 6.11. The van der Waals surface area contributed by atoms with Crippen molar-refractivity contribution >= 4 is 11.3 Å². The van der Waals surface area contributed by atoms with Crippen molar-refractivity contribution in [1.29, 1.82) is 0 Å². The molecule has 18 heavy (non-hydrogen) atoms. The summed E-state index contributed by atoms with van der Waals surface area (Å²) < 4.78 is 0. The van der Waals surface area contributed by atoms with Crippen LogP contribution in [0, 0.1) is 6.92 Å². The molecule has 0 unspecified atom stereocenters. The van der Waals surface area contributed by atoms with Gasteiger partial charge in [-0.3, -0.25) is 0 Å². The van der Waals surface area contributed by atoms with E-state index in [0.717, 1.165) is 10.7 Å². The van der Waals surface area contributed by atoms with Crippen LogP contribution in [0.2, 0.25) is 0 Å². The van der Waals surface area contributed by atoms with Gasteiger partial charge in [0.15, 0.2) is 0 Å². The zero-order valence-corrected chi connectivity index (χ0v) is 11.4. The van der Waals surface area contributed by atoms with Crippen LogP contribution >= 0.6 is 11.3 Å². The molecular formula is C15H17NOS. The summed E-state index contributed by atoms with van der Waals surface area (Å²) in [4.78, 5) is 5.90. The zero-order valence-electron chi connectivity index (χ0n) is 10.6. The maximum absolute atomic E-state index is 8.98. The SMILES string of the molecule is Cc1sc(CCO)nc1-c1ccc2c(c1)CCC2. The lowest BCUT2D eigenvalue weighted by atomic mass is 10.0. The highest BCUT2D eigenvalue weighted by atomic mass is 32.1. The summed E-state index contributed by atoms with van der Waals surface area (Å²) in [5, 5.41) is 10.0. The number of hydrogen-bond donors (Lipinski definition) is 1. The van der Waals surface area contributed by atoms with E-state index in [9.17, 15) is 0 Å². The van der Waals surface area contributed by atoms with Gasteiger partial charge in [-0.05, 0) is 43.4 Å². The molecule has 1 aromatic heterocycles. The summed E-state index contributed by atoms with van der Waals surface area (Å²) in [5.74, 6) is 0. The maximum atomic E-state index is 8.98. The number of aliphatic hydroxyl groups is 1. The first-order valence-electron chi connectivity index (χ1n) is 6.47. The Morgan fingerprint density at radius 2 is 2.11 bits per heavy atom. The second-order valence-electron chi connectivity index (χ2n) is 4.82. The van der Waals surface area contributed by atoms with E-state index in [2.05, 4.69) is 30.1 Å². The molecule has 94 valence electrons. The molecule has 1 N–H and O–H groups in total. The number of thiazole rings is 1. The predicted octanol–water partition coefficient (Wildman–Crippen LogP) is 3.14. The quantitative estimate of drug-likeness (QED) is 0.918. The molecule has 0 bridgehead atoms. The molecule has 1 aromatic carbocycles. The number of rotatable bonds is 3. The molecule has 0 saturated heterocycles. The minimum absolute atomic E-state index is 0.177. The lowest BCUT2D eigenvalue weighted by Gasteiger charge is -2.03. The normalized spacial score (nSPS) is 13.9. The molecule has 1 aliphatic rings. The third kappa shape index (κ3) is 2.08. The van der Waals surface area contributed by atoms with Crippen molar-refractivity contribution in [3.8, 4) is 11.3 Å². The maximum Gasteiger partial charge on any atom is 0.0958 e. The van der Waals surface area contributed by atoms with Crippen LogP contribution in [0.15, 0.2) is 18.2 Å². The first-order chi connectivity index (χ1) is 8.78.